The third-order valence-corrected chi connectivity index (χ3v) is 4.11. The van der Waals surface area contributed by atoms with Crippen LogP contribution in [-0.4, -0.2) is 35.0 Å². The monoisotopic (exact) mass is 260 g/mol. The molecule has 1 heterocycles. The molecule has 0 spiro atoms. The zero-order valence-electron chi connectivity index (χ0n) is 10.3. The van der Waals surface area contributed by atoms with Crippen LogP contribution in [0.4, 0.5) is 0 Å². The molecule has 0 aromatic carbocycles. The molecule has 0 saturated carbocycles. The van der Waals surface area contributed by atoms with Crippen molar-refractivity contribution in [1.29, 1.82) is 0 Å². The van der Waals surface area contributed by atoms with E-state index in [9.17, 15) is 8.42 Å². The molecule has 7 heteroatoms. The molecular weight excluding hydrogens is 240 g/mol. The number of hydrogen-bond acceptors (Lipinski definition) is 5. The highest BCUT2D eigenvalue weighted by atomic mass is 32.2. The van der Waals surface area contributed by atoms with Crippen LogP contribution in [-0.2, 0) is 22.1 Å². The van der Waals surface area contributed by atoms with Crippen LogP contribution in [0.2, 0.25) is 0 Å². The van der Waals surface area contributed by atoms with E-state index < -0.39 is 9.84 Å². The average molecular weight is 260 g/mol. The van der Waals surface area contributed by atoms with E-state index in [2.05, 4.69) is 10.1 Å². The number of aromatic nitrogens is 3. The van der Waals surface area contributed by atoms with Gasteiger partial charge in [0.25, 0.3) is 0 Å². The Balaban J connectivity index is 2.72. The van der Waals surface area contributed by atoms with Crippen LogP contribution in [0.3, 0.4) is 0 Å². The van der Waals surface area contributed by atoms with Gasteiger partial charge in [-0.15, -0.1) is 0 Å². The minimum absolute atomic E-state index is 0.00247. The summed E-state index contributed by atoms with van der Waals surface area (Å²) in [5, 5.41) is 4.00. The van der Waals surface area contributed by atoms with Gasteiger partial charge in [0.15, 0.2) is 9.84 Å². The maximum atomic E-state index is 11.9. The molecule has 0 bridgehead atoms. The van der Waals surface area contributed by atoms with E-state index in [1.807, 2.05) is 13.8 Å². The molecule has 0 radical (unpaired) electrons. The second-order valence-electron chi connectivity index (χ2n) is 4.12. The van der Waals surface area contributed by atoms with Gasteiger partial charge in [0.1, 0.15) is 17.9 Å². The molecule has 0 aliphatic rings. The molecule has 0 amide bonds. The topological polar surface area (TPSA) is 90.9 Å². The zero-order chi connectivity index (χ0) is 12.9. The maximum absolute atomic E-state index is 11.9. The summed E-state index contributed by atoms with van der Waals surface area (Å²) in [6, 6.07) is -0.303. The van der Waals surface area contributed by atoms with Crippen LogP contribution < -0.4 is 5.73 Å². The molecule has 98 valence electrons. The van der Waals surface area contributed by atoms with Gasteiger partial charge >= 0.3 is 0 Å². The second kappa shape index (κ2) is 6.11. The van der Waals surface area contributed by atoms with Crippen molar-refractivity contribution in [2.45, 2.75) is 45.0 Å². The Morgan fingerprint density at radius 1 is 1.47 bits per heavy atom. The van der Waals surface area contributed by atoms with Gasteiger partial charge in [0.2, 0.25) is 0 Å². The summed E-state index contributed by atoms with van der Waals surface area (Å²) in [6.45, 7) is 4.57. The lowest BCUT2D eigenvalue weighted by atomic mass is 10.3. The molecular formula is C10H20N4O2S. The van der Waals surface area contributed by atoms with Crippen LogP contribution in [0.1, 0.15) is 32.5 Å². The standard InChI is InChI=1S/C10H20N4O2S/c1-3-5-14-10(12-8-13-14)7-17(15,16)6-9(11)4-2/h8-9H,3-7,11H2,1-2H3. The summed E-state index contributed by atoms with van der Waals surface area (Å²) in [4.78, 5) is 3.98. The van der Waals surface area contributed by atoms with Crippen LogP contribution in [0, 0.1) is 0 Å². The maximum Gasteiger partial charge on any atom is 0.159 e. The number of nitrogens with two attached hydrogens (primary N) is 1. The van der Waals surface area contributed by atoms with Crippen molar-refractivity contribution < 1.29 is 8.42 Å². The number of hydrogen-bond donors (Lipinski definition) is 1. The first-order chi connectivity index (χ1) is 7.98. The van der Waals surface area contributed by atoms with Crippen LogP contribution in [0.25, 0.3) is 0 Å². The Morgan fingerprint density at radius 2 is 2.18 bits per heavy atom. The predicted octanol–water partition coefficient (Wildman–Crippen LogP) is 0.340. The van der Waals surface area contributed by atoms with Gasteiger partial charge in [-0.25, -0.2) is 18.1 Å². The van der Waals surface area contributed by atoms with E-state index in [0.29, 0.717) is 18.8 Å². The molecule has 1 atom stereocenters. The summed E-state index contributed by atoms with van der Waals surface area (Å²) >= 11 is 0. The van der Waals surface area contributed by atoms with Crippen molar-refractivity contribution in [3.05, 3.63) is 12.2 Å². The van der Waals surface area contributed by atoms with Crippen molar-refractivity contribution in [1.82, 2.24) is 14.8 Å². The van der Waals surface area contributed by atoms with Crippen molar-refractivity contribution in [3.8, 4) is 0 Å². The summed E-state index contributed by atoms with van der Waals surface area (Å²) in [5.74, 6) is 0.415. The molecule has 0 fully saturated rings. The third-order valence-electron chi connectivity index (χ3n) is 2.47. The number of nitrogens with zero attached hydrogens (tertiary/aromatic N) is 3. The lowest BCUT2D eigenvalue weighted by Gasteiger charge is -2.09. The summed E-state index contributed by atoms with van der Waals surface area (Å²) in [6.07, 6.45) is 2.94. The van der Waals surface area contributed by atoms with Gasteiger partial charge < -0.3 is 5.73 Å². The van der Waals surface area contributed by atoms with Crippen LogP contribution in [0.15, 0.2) is 6.33 Å². The van der Waals surface area contributed by atoms with Crippen molar-refractivity contribution in [3.63, 3.8) is 0 Å². The lowest BCUT2D eigenvalue weighted by Crippen LogP contribution is -2.30. The number of aryl methyl sites for hydroxylation is 1. The third kappa shape index (κ3) is 4.43. The van der Waals surface area contributed by atoms with Gasteiger partial charge in [-0.1, -0.05) is 13.8 Å². The van der Waals surface area contributed by atoms with E-state index in [1.165, 1.54) is 6.33 Å². The Kier molecular flexibility index (Phi) is 5.07. The fourth-order valence-corrected chi connectivity index (χ4v) is 3.12. The largest absolute Gasteiger partial charge is 0.327 e. The lowest BCUT2D eigenvalue weighted by molar-refractivity contribution is 0.561. The summed E-state index contributed by atoms with van der Waals surface area (Å²) in [7, 11) is -3.21. The van der Waals surface area contributed by atoms with E-state index in [0.717, 1.165) is 6.42 Å². The first-order valence-corrected chi connectivity index (χ1v) is 7.63. The Bertz CT molecular complexity index is 441. The fourth-order valence-electron chi connectivity index (χ4n) is 1.50. The fraction of sp³-hybridized carbons (Fsp3) is 0.800. The number of sulfone groups is 1. The molecule has 1 unspecified atom stereocenters. The Hall–Kier alpha value is -0.950. The smallest absolute Gasteiger partial charge is 0.159 e. The van der Waals surface area contributed by atoms with Crippen LogP contribution in [0.5, 0.6) is 0 Å². The first-order valence-electron chi connectivity index (χ1n) is 5.81. The molecule has 0 saturated heterocycles. The average Bonchev–Trinajstić information content (AvgIpc) is 2.65. The van der Waals surface area contributed by atoms with Gasteiger partial charge in [-0.3, -0.25) is 0 Å². The van der Waals surface area contributed by atoms with Gasteiger partial charge in [-0.05, 0) is 12.8 Å². The molecule has 0 aliphatic heterocycles. The molecule has 1 aromatic rings. The molecule has 2 N–H and O–H groups in total. The highest BCUT2D eigenvalue weighted by molar-refractivity contribution is 7.90. The minimum Gasteiger partial charge on any atom is -0.327 e. The summed E-state index contributed by atoms with van der Waals surface area (Å²) in [5.41, 5.74) is 5.66. The SMILES string of the molecule is CCCn1ncnc1CS(=O)(=O)CC(N)CC. The highest BCUT2D eigenvalue weighted by Gasteiger charge is 2.19. The quantitative estimate of drug-likeness (QED) is 0.763. The van der Waals surface area contributed by atoms with Crippen molar-refractivity contribution in [2.75, 3.05) is 5.75 Å². The van der Waals surface area contributed by atoms with Gasteiger partial charge in [0.05, 0.1) is 5.75 Å². The van der Waals surface area contributed by atoms with Crippen molar-refractivity contribution >= 4 is 9.84 Å². The van der Waals surface area contributed by atoms with Crippen LogP contribution >= 0.6 is 0 Å². The Labute approximate surface area is 102 Å². The molecule has 0 aliphatic carbocycles. The zero-order valence-corrected chi connectivity index (χ0v) is 11.2. The predicted molar refractivity (Wildman–Crippen MR) is 66.1 cm³/mol. The molecule has 1 aromatic heterocycles. The van der Waals surface area contributed by atoms with E-state index in [4.69, 9.17) is 5.73 Å². The summed E-state index contributed by atoms with van der Waals surface area (Å²) < 4.78 is 25.4. The highest BCUT2D eigenvalue weighted by Crippen LogP contribution is 2.06. The van der Waals surface area contributed by atoms with Crippen molar-refractivity contribution in [2.24, 2.45) is 5.73 Å². The normalized spacial score (nSPS) is 13.8. The molecule has 6 nitrogen and oxygen atoms in total. The Morgan fingerprint density at radius 3 is 2.76 bits per heavy atom. The first kappa shape index (κ1) is 14.1. The van der Waals surface area contributed by atoms with Gasteiger partial charge in [-0.2, -0.15) is 5.10 Å². The van der Waals surface area contributed by atoms with Gasteiger partial charge in [0, 0.05) is 12.6 Å². The molecule has 1 rings (SSSR count). The van der Waals surface area contributed by atoms with E-state index in [1.54, 1.807) is 4.68 Å². The minimum atomic E-state index is -3.21. The van der Waals surface area contributed by atoms with E-state index >= 15 is 0 Å². The number of rotatable bonds is 7. The molecule has 17 heavy (non-hydrogen) atoms. The second-order valence-corrected chi connectivity index (χ2v) is 6.23. The van der Waals surface area contributed by atoms with E-state index in [-0.39, 0.29) is 17.5 Å².